The van der Waals surface area contributed by atoms with Gasteiger partial charge in [0, 0.05) is 13.0 Å². The van der Waals surface area contributed by atoms with Crippen LogP contribution in [0.4, 0.5) is 8.78 Å². The fourth-order valence-electron chi connectivity index (χ4n) is 1.88. The van der Waals surface area contributed by atoms with Crippen LogP contribution in [0.15, 0.2) is 11.4 Å². The van der Waals surface area contributed by atoms with Crippen LogP contribution in [-0.2, 0) is 0 Å². The van der Waals surface area contributed by atoms with Crippen LogP contribution in [0.3, 0.4) is 0 Å². The Morgan fingerprint density at radius 3 is 2.53 bits per heavy atom. The molecule has 0 aromatic heterocycles. The monoisotopic (exact) mass is 219 g/mol. The van der Waals surface area contributed by atoms with Gasteiger partial charge < -0.3 is 10.7 Å². The number of hydrogen-bond donors (Lipinski definition) is 2. The van der Waals surface area contributed by atoms with Crippen molar-refractivity contribution in [3.8, 4) is 0 Å². The van der Waals surface area contributed by atoms with Gasteiger partial charge in [-0.2, -0.15) is 8.78 Å². The van der Waals surface area contributed by atoms with Gasteiger partial charge in [0.25, 0.3) is 5.92 Å². The average Bonchev–Trinajstić information content (AvgIpc) is 2.14. The molecule has 1 rings (SSSR count). The summed E-state index contributed by atoms with van der Waals surface area (Å²) < 4.78 is 27.6. The van der Waals surface area contributed by atoms with Crippen molar-refractivity contribution in [1.29, 1.82) is 0 Å². The molecule has 5 heteroatoms. The Bertz CT molecular complexity index is 261. The minimum atomic E-state index is -2.94. The minimum absolute atomic E-state index is 0.361. The summed E-state index contributed by atoms with van der Waals surface area (Å²) in [7, 11) is 1.55. The Morgan fingerprint density at radius 1 is 1.40 bits per heavy atom. The van der Waals surface area contributed by atoms with Crippen molar-refractivity contribution in [2.45, 2.75) is 38.5 Å². The summed E-state index contributed by atoms with van der Waals surface area (Å²) in [6.07, 6.45) is 2.69. The third-order valence-corrected chi connectivity index (χ3v) is 3.02. The van der Waals surface area contributed by atoms with Gasteiger partial charge in [-0.3, -0.25) is 0 Å². The van der Waals surface area contributed by atoms with Gasteiger partial charge >= 0.3 is 0 Å². The second-order valence-corrected chi connectivity index (χ2v) is 4.24. The first-order valence-electron chi connectivity index (χ1n) is 5.22. The third-order valence-electron chi connectivity index (χ3n) is 3.02. The van der Waals surface area contributed by atoms with Gasteiger partial charge in [-0.1, -0.05) is 13.3 Å². The van der Waals surface area contributed by atoms with Crippen molar-refractivity contribution in [3.63, 3.8) is 0 Å². The number of alkyl halides is 2. The van der Waals surface area contributed by atoms with Crippen molar-refractivity contribution in [2.75, 3.05) is 7.05 Å². The summed E-state index contributed by atoms with van der Waals surface area (Å²) in [5.74, 6) is 1.85. The lowest BCUT2D eigenvalue weighted by Crippen LogP contribution is -2.39. The van der Waals surface area contributed by atoms with Crippen LogP contribution in [0, 0.1) is 5.92 Å². The summed E-state index contributed by atoms with van der Waals surface area (Å²) in [5, 5.41) is 1.21. The van der Waals surface area contributed by atoms with Crippen molar-refractivity contribution < 1.29 is 8.78 Å². The van der Waals surface area contributed by atoms with E-state index in [0.717, 1.165) is 12.8 Å². The van der Waals surface area contributed by atoms with Gasteiger partial charge in [0.05, 0.1) is 11.4 Å². The van der Waals surface area contributed by atoms with Gasteiger partial charge in [0.1, 0.15) is 0 Å². The first-order valence-corrected chi connectivity index (χ1v) is 5.22. The topological polar surface area (TPSA) is 55.3 Å². The quantitative estimate of drug-likeness (QED) is 0.522. The third kappa shape index (κ3) is 2.40. The molecule has 0 radical (unpaired) electrons. The maximum absolute atomic E-state index is 13.8. The highest BCUT2D eigenvalue weighted by molar-refractivity contribution is 5.18. The van der Waals surface area contributed by atoms with Crippen LogP contribution in [0.1, 0.15) is 32.6 Å². The zero-order valence-electron chi connectivity index (χ0n) is 9.26. The molecule has 0 aromatic carbocycles. The highest BCUT2D eigenvalue weighted by atomic mass is 19.3. The fourth-order valence-corrected chi connectivity index (χ4v) is 1.88. The van der Waals surface area contributed by atoms with E-state index in [-0.39, 0.29) is 5.70 Å². The molecule has 1 unspecified atom stereocenters. The molecule has 0 aliphatic heterocycles. The van der Waals surface area contributed by atoms with Gasteiger partial charge in [0.2, 0.25) is 0 Å². The summed E-state index contributed by atoms with van der Waals surface area (Å²) >= 11 is 0. The van der Waals surface area contributed by atoms with E-state index in [1.54, 1.807) is 7.05 Å². The first kappa shape index (κ1) is 12.2. The van der Waals surface area contributed by atoms with Crippen LogP contribution >= 0.6 is 0 Å². The summed E-state index contributed by atoms with van der Waals surface area (Å²) in [6, 6.07) is 0. The molecule has 0 bridgehead atoms. The maximum atomic E-state index is 13.8. The van der Waals surface area contributed by atoms with Crippen LogP contribution in [0.2, 0.25) is 0 Å². The molecule has 0 aromatic rings. The van der Waals surface area contributed by atoms with Gasteiger partial charge in [-0.15, -0.1) is 0 Å². The molecule has 3 nitrogen and oxygen atoms in total. The summed E-state index contributed by atoms with van der Waals surface area (Å²) in [5.41, 5.74) is 5.53. The number of hydrazine groups is 1. The molecule has 88 valence electrons. The Labute approximate surface area is 89.1 Å². The van der Waals surface area contributed by atoms with E-state index in [4.69, 9.17) is 11.6 Å². The van der Waals surface area contributed by atoms with Crippen LogP contribution in [0.5, 0.6) is 0 Å². The smallest absolute Gasteiger partial charge is 0.291 e. The Balaban J connectivity index is 3.09. The molecule has 1 atom stereocenters. The van der Waals surface area contributed by atoms with Crippen molar-refractivity contribution >= 4 is 0 Å². The van der Waals surface area contributed by atoms with Crippen LogP contribution in [-0.4, -0.2) is 18.0 Å². The van der Waals surface area contributed by atoms with Gasteiger partial charge in [0.15, 0.2) is 0 Å². The first-order chi connectivity index (χ1) is 6.87. The molecule has 0 saturated heterocycles. The van der Waals surface area contributed by atoms with E-state index in [2.05, 4.69) is 0 Å². The zero-order valence-corrected chi connectivity index (χ0v) is 9.26. The lowest BCUT2D eigenvalue weighted by Gasteiger charge is -2.30. The Kier molecular flexibility index (Phi) is 3.54. The van der Waals surface area contributed by atoms with E-state index < -0.39 is 11.8 Å². The number of hydrogen-bond acceptors (Lipinski definition) is 3. The number of nitrogens with two attached hydrogens (primary N) is 2. The van der Waals surface area contributed by atoms with Crippen molar-refractivity contribution in [3.05, 3.63) is 11.4 Å². The van der Waals surface area contributed by atoms with E-state index in [0.29, 0.717) is 18.5 Å². The Hall–Kier alpha value is -0.840. The standard InChI is InChI=1S/C10H19F2N3/c1-7-5-3-4-6-8(15(2)14)9(13)10(7,11)12/h7H,3-6,13-14H2,1-2H3/b9-8-. The fraction of sp³-hybridized carbons (Fsp3) is 0.800. The van der Waals surface area contributed by atoms with Crippen molar-refractivity contribution in [2.24, 2.45) is 17.5 Å². The number of allylic oxidation sites excluding steroid dienone is 2. The van der Waals surface area contributed by atoms with Gasteiger partial charge in [-0.25, -0.2) is 5.84 Å². The lowest BCUT2D eigenvalue weighted by atomic mass is 9.90. The van der Waals surface area contributed by atoms with E-state index in [1.807, 2.05) is 0 Å². The van der Waals surface area contributed by atoms with Crippen LogP contribution in [0.25, 0.3) is 0 Å². The molecule has 0 fully saturated rings. The number of halogens is 2. The summed E-state index contributed by atoms with van der Waals surface area (Å²) in [4.78, 5) is 0. The molecule has 0 spiro atoms. The highest BCUT2D eigenvalue weighted by Gasteiger charge is 2.41. The van der Waals surface area contributed by atoms with E-state index >= 15 is 0 Å². The predicted octanol–water partition coefficient (Wildman–Crippen LogP) is 1.81. The predicted molar refractivity (Wildman–Crippen MR) is 55.7 cm³/mol. The maximum Gasteiger partial charge on any atom is 0.291 e. The second-order valence-electron chi connectivity index (χ2n) is 4.24. The van der Waals surface area contributed by atoms with Crippen molar-refractivity contribution in [1.82, 2.24) is 5.01 Å². The second kappa shape index (κ2) is 4.35. The molecule has 15 heavy (non-hydrogen) atoms. The normalized spacial score (nSPS) is 31.9. The minimum Gasteiger partial charge on any atom is -0.396 e. The number of nitrogens with zero attached hydrogens (tertiary/aromatic N) is 1. The van der Waals surface area contributed by atoms with E-state index in [9.17, 15) is 8.78 Å². The zero-order chi connectivity index (χ0) is 11.6. The summed E-state index contributed by atoms with van der Waals surface area (Å²) in [6.45, 7) is 1.53. The average molecular weight is 219 g/mol. The highest BCUT2D eigenvalue weighted by Crippen LogP contribution is 2.37. The largest absolute Gasteiger partial charge is 0.396 e. The molecule has 4 N–H and O–H groups in total. The molecule has 1 aliphatic rings. The molecular formula is C10H19F2N3. The van der Waals surface area contributed by atoms with Crippen LogP contribution < -0.4 is 11.6 Å². The molecule has 0 heterocycles. The number of rotatable bonds is 1. The SMILES string of the molecule is CC1CCCC/C(N(C)N)=C(/N)C1(F)F. The van der Waals surface area contributed by atoms with E-state index in [1.165, 1.54) is 11.9 Å². The molecule has 0 amide bonds. The lowest BCUT2D eigenvalue weighted by molar-refractivity contribution is -0.0240. The van der Waals surface area contributed by atoms with Gasteiger partial charge in [-0.05, 0) is 19.3 Å². The molecule has 1 aliphatic carbocycles. The Morgan fingerprint density at radius 2 is 2.00 bits per heavy atom. The molecule has 0 saturated carbocycles. The molecular weight excluding hydrogens is 200 g/mol.